The lowest BCUT2D eigenvalue weighted by Gasteiger charge is -2.39. The molecule has 1 saturated heterocycles. The van der Waals surface area contributed by atoms with Crippen molar-refractivity contribution in [2.24, 2.45) is 0 Å². The number of aliphatic hydroxyl groups is 1. The summed E-state index contributed by atoms with van der Waals surface area (Å²) in [7, 11) is 2.07. The molecule has 0 saturated carbocycles. The first kappa shape index (κ1) is 14.2. The molecule has 0 bridgehead atoms. The van der Waals surface area contributed by atoms with Gasteiger partial charge in [-0.25, -0.2) is 0 Å². The smallest absolute Gasteiger partial charge is 0.119 e. The van der Waals surface area contributed by atoms with Crippen molar-refractivity contribution >= 4 is 5.69 Å². The minimum Gasteiger partial charge on any atom is -0.491 e. The number of anilines is 1. The van der Waals surface area contributed by atoms with E-state index in [-0.39, 0.29) is 18.8 Å². The Balaban J connectivity index is 2.02. The van der Waals surface area contributed by atoms with Gasteiger partial charge in [0.25, 0.3) is 0 Å². The predicted octanol–water partition coefficient (Wildman–Crippen LogP) is 1.59. The van der Waals surface area contributed by atoms with E-state index in [1.54, 1.807) is 0 Å². The van der Waals surface area contributed by atoms with Gasteiger partial charge >= 0.3 is 0 Å². The standard InChI is InChI=1S/C15H24N2O2/c1-12(2)19-15-6-4-13(5-7-15)17-9-8-16(3)14(10-17)11-18/h4-7,12,14,18H,8-11H2,1-3H3. The molecule has 1 aliphatic heterocycles. The van der Waals surface area contributed by atoms with Gasteiger partial charge in [-0.1, -0.05) is 0 Å². The van der Waals surface area contributed by atoms with Crippen LogP contribution in [-0.2, 0) is 0 Å². The van der Waals surface area contributed by atoms with Crippen LogP contribution in [0.1, 0.15) is 13.8 Å². The highest BCUT2D eigenvalue weighted by atomic mass is 16.5. The highest BCUT2D eigenvalue weighted by Crippen LogP contribution is 2.22. The van der Waals surface area contributed by atoms with Crippen LogP contribution in [0.3, 0.4) is 0 Å². The molecule has 0 amide bonds. The number of piperazine rings is 1. The third-order valence-electron chi connectivity index (χ3n) is 3.56. The summed E-state index contributed by atoms with van der Waals surface area (Å²) < 4.78 is 5.65. The van der Waals surface area contributed by atoms with Crippen molar-refractivity contribution in [2.45, 2.75) is 26.0 Å². The first-order valence-corrected chi connectivity index (χ1v) is 6.93. The van der Waals surface area contributed by atoms with Gasteiger partial charge in [-0.2, -0.15) is 0 Å². The molecule has 106 valence electrons. The predicted molar refractivity (Wildman–Crippen MR) is 77.9 cm³/mol. The van der Waals surface area contributed by atoms with E-state index in [1.165, 1.54) is 5.69 Å². The van der Waals surface area contributed by atoms with Crippen molar-refractivity contribution in [3.8, 4) is 5.75 Å². The molecular formula is C15H24N2O2. The van der Waals surface area contributed by atoms with Crippen LogP contribution in [0.4, 0.5) is 5.69 Å². The fourth-order valence-corrected chi connectivity index (χ4v) is 2.39. The van der Waals surface area contributed by atoms with Crippen molar-refractivity contribution in [3.63, 3.8) is 0 Å². The van der Waals surface area contributed by atoms with E-state index in [2.05, 4.69) is 29.0 Å². The maximum Gasteiger partial charge on any atom is 0.119 e. The van der Waals surface area contributed by atoms with Crippen molar-refractivity contribution in [2.75, 3.05) is 38.2 Å². The quantitative estimate of drug-likeness (QED) is 0.896. The number of nitrogens with zero attached hydrogens (tertiary/aromatic N) is 2. The summed E-state index contributed by atoms with van der Waals surface area (Å²) in [6, 6.07) is 8.44. The van der Waals surface area contributed by atoms with Gasteiger partial charge in [0.1, 0.15) is 5.75 Å². The summed E-state index contributed by atoms with van der Waals surface area (Å²) in [6.45, 7) is 7.12. The first-order valence-electron chi connectivity index (χ1n) is 6.93. The largest absolute Gasteiger partial charge is 0.491 e. The Morgan fingerprint density at radius 3 is 2.53 bits per heavy atom. The molecule has 1 N–H and O–H groups in total. The molecule has 1 heterocycles. The summed E-state index contributed by atoms with van der Waals surface area (Å²) in [6.07, 6.45) is 0.202. The van der Waals surface area contributed by atoms with Crippen molar-refractivity contribution in [1.29, 1.82) is 0 Å². The second kappa shape index (κ2) is 6.26. The average Bonchev–Trinajstić information content (AvgIpc) is 2.40. The maximum atomic E-state index is 9.38. The average molecular weight is 264 g/mol. The van der Waals surface area contributed by atoms with Crippen LogP contribution >= 0.6 is 0 Å². The Morgan fingerprint density at radius 1 is 1.26 bits per heavy atom. The highest BCUT2D eigenvalue weighted by molar-refractivity contribution is 5.49. The SMILES string of the molecule is CC(C)Oc1ccc(N2CCN(C)C(CO)C2)cc1. The number of hydrogen-bond acceptors (Lipinski definition) is 4. The Hall–Kier alpha value is -1.26. The molecule has 4 nitrogen and oxygen atoms in total. The van der Waals surface area contributed by atoms with E-state index in [4.69, 9.17) is 4.74 Å². The first-order chi connectivity index (χ1) is 9.10. The molecule has 0 aliphatic carbocycles. The van der Waals surface area contributed by atoms with Gasteiger partial charge in [0.15, 0.2) is 0 Å². The van der Waals surface area contributed by atoms with Crippen molar-refractivity contribution in [1.82, 2.24) is 4.90 Å². The van der Waals surface area contributed by atoms with Gasteiger partial charge < -0.3 is 14.7 Å². The summed E-state index contributed by atoms with van der Waals surface area (Å²) in [4.78, 5) is 4.53. The molecule has 1 fully saturated rings. The number of benzene rings is 1. The Bertz CT molecular complexity index is 392. The second-order valence-corrected chi connectivity index (χ2v) is 5.42. The lowest BCUT2D eigenvalue weighted by atomic mass is 10.1. The summed E-state index contributed by atoms with van der Waals surface area (Å²) in [5.74, 6) is 0.909. The molecule has 0 spiro atoms. The molecule has 0 aromatic heterocycles. The van der Waals surface area contributed by atoms with E-state index in [9.17, 15) is 5.11 Å². The van der Waals surface area contributed by atoms with Crippen LogP contribution in [0.5, 0.6) is 5.75 Å². The van der Waals surface area contributed by atoms with Crippen LogP contribution < -0.4 is 9.64 Å². The van der Waals surface area contributed by atoms with Gasteiger partial charge in [0, 0.05) is 25.3 Å². The molecule has 1 unspecified atom stereocenters. The normalized spacial score (nSPS) is 20.9. The third-order valence-corrected chi connectivity index (χ3v) is 3.56. The highest BCUT2D eigenvalue weighted by Gasteiger charge is 2.23. The number of likely N-dealkylation sites (N-methyl/N-ethyl adjacent to an activating group) is 1. The van der Waals surface area contributed by atoms with E-state index in [0.717, 1.165) is 25.4 Å². The molecule has 19 heavy (non-hydrogen) atoms. The maximum absolute atomic E-state index is 9.38. The van der Waals surface area contributed by atoms with Crippen molar-refractivity contribution in [3.05, 3.63) is 24.3 Å². The fourth-order valence-electron chi connectivity index (χ4n) is 2.39. The number of rotatable bonds is 4. The number of ether oxygens (including phenoxy) is 1. The van der Waals surface area contributed by atoms with Crippen LogP contribution in [0.25, 0.3) is 0 Å². The second-order valence-electron chi connectivity index (χ2n) is 5.42. The van der Waals surface area contributed by atoms with E-state index >= 15 is 0 Å². The van der Waals surface area contributed by atoms with Crippen LogP contribution in [0.15, 0.2) is 24.3 Å². The molecule has 1 atom stereocenters. The lowest BCUT2D eigenvalue weighted by Crippen LogP contribution is -2.53. The number of aliphatic hydroxyl groups excluding tert-OH is 1. The zero-order chi connectivity index (χ0) is 13.8. The summed E-state index contributed by atoms with van der Waals surface area (Å²) >= 11 is 0. The molecule has 2 rings (SSSR count). The van der Waals surface area contributed by atoms with Crippen LogP contribution in [0, 0.1) is 0 Å². The van der Waals surface area contributed by atoms with Crippen LogP contribution in [0.2, 0.25) is 0 Å². The minimum absolute atomic E-state index is 0.202. The minimum atomic E-state index is 0.202. The molecule has 4 heteroatoms. The van der Waals surface area contributed by atoms with E-state index in [1.807, 2.05) is 26.0 Å². The molecule has 0 radical (unpaired) electrons. The van der Waals surface area contributed by atoms with Gasteiger partial charge in [0.2, 0.25) is 0 Å². The molecule has 1 aliphatic rings. The van der Waals surface area contributed by atoms with E-state index in [0.29, 0.717) is 0 Å². The third kappa shape index (κ3) is 3.61. The fraction of sp³-hybridized carbons (Fsp3) is 0.600. The van der Waals surface area contributed by atoms with Gasteiger partial charge in [-0.3, -0.25) is 4.90 Å². The van der Waals surface area contributed by atoms with Gasteiger partial charge in [-0.15, -0.1) is 0 Å². The summed E-state index contributed by atoms with van der Waals surface area (Å²) in [5.41, 5.74) is 1.20. The topological polar surface area (TPSA) is 35.9 Å². The summed E-state index contributed by atoms with van der Waals surface area (Å²) in [5, 5.41) is 9.38. The molecule has 1 aromatic rings. The Kier molecular flexibility index (Phi) is 4.66. The number of hydrogen-bond donors (Lipinski definition) is 1. The molecular weight excluding hydrogens is 240 g/mol. The van der Waals surface area contributed by atoms with Crippen LogP contribution in [-0.4, -0.2) is 55.4 Å². The molecule has 1 aromatic carbocycles. The van der Waals surface area contributed by atoms with Gasteiger partial charge in [-0.05, 0) is 45.2 Å². The van der Waals surface area contributed by atoms with Gasteiger partial charge in [0.05, 0.1) is 18.8 Å². The Morgan fingerprint density at radius 2 is 1.95 bits per heavy atom. The van der Waals surface area contributed by atoms with Crippen molar-refractivity contribution < 1.29 is 9.84 Å². The Labute approximate surface area is 115 Å². The van der Waals surface area contributed by atoms with E-state index < -0.39 is 0 Å². The zero-order valence-electron chi connectivity index (χ0n) is 12.0. The lowest BCUT2D eigenvalue weighted by molar-refractivity contribution is 0.135. The zero-order valence-corrected chi connectivity index (χ0v) is 12.0. The monoisotopic (exact) mass is 264 g/mol.